The van der Waals surface area contributed by atoms with Gasteiger partial charge in [-0.05, 0) is 6.42 Å². The predicted octanol–water partition coefficient (Wildman–Crippen LogP) is -6.16. The summed E-state index contributed by atoms with van der Waals surface area (Å²) in [5.74, 6) is -7.16. The summed E-state index contributed by atoms with van der Waals surface area (Å²) in [6, 6.07) is 0. The molecule has 0 aromatic rings. The maximum Gasteiger partial charge on any atom is 3.00 e. The minimum atomic E-state index is -1.62. The van der Waals surface area contributed by atoms with E-state index in [1.54, 1.807) is 0 Å². The Kier molecular flexibility index (Phi) is 12.3. The quantitative estimate of drug-likeness (QED) is 0.219. The third-order valence-corrected chi connectivity index (χ3v) is 4.59. The second kappa shape index (κ2) is 13.0. The molecule has 1 heterocycles. The van der Waals surface area contributed by atoms with Gasteiger partial charge >= 0.3 is 48.8 Å². The third kappa shape index (κ3) is 9.98. The SMILES string of the molecule is O=C([O-])CN1CCN(CC(=O)[O-])CC(CCC(=O)O)(N(CC(=O)[O-])CC(=O)O)C1.[Tm+3]. The maximum absolute atomic E-state index is 11.3. The van der Waals surface area contributed by atoms with E-state index >= 15 is 0 Å². The molecule has 0 unspecified atom stereocenters. The third-order valence-electron chi connectivity index (χ3n) is 4.59. The van der Waals surface area contributed by atoms with Gasteiger partial charge in [-0.25, -0.2) is 0 Å². The van der Waals surface area contributed by atoms with Crippen LogP contribution >= 0.6 is 0 Å². The summed E-state index contributed by atoms with van der Waals surface area (Å²) in [6.07, 6.45) is -0.739. The number of carbonyl (C=O) groups is 5. The molecule has 1 fully saturated rings. The fraction of sp³-hybridized carbons (Fsp3) is 0.688. The van der Waals surface area contributed by atoms with E-state index in [0.717, 1.165) is 4.90 Å². The molecule has 0 saturated carbocycles. The van der Waals surface area contributed by atoms with Crippen molar-refractivity contribution in [1.29, 1.82) is 0 Å². The summed E-state index contributed by atoms with van der Waals surface area (Å²) in [6.45, 7) is -3.14. The van der Waals surface area contributed by atoms with Crippen LogP contribution in [-0.2, 0) is 24.0 Å². The molecule has 0 spiro atoms. The van der Waals surface area contributed by atoms with Crippen molar-refractivity contribution in [2.75, 3.05) is 52.4 Å². The number of hydrogen-bond acceptors (Lipinski definition) is 11. The summed E-state index contributed by atoms with van der Waals surface area (Å²) in [4.78, 5) is 59.5. The van der Waals surface area contributed by atoms with Crippen molar-refractivity contribution >= 4 is 29.8 Å². The van der Waals surface area contributed by atoms with Gasteiger partial charge in [-0.2, -0.15) is 0 Å². The number of carboxylic acids is 5. The zero-order chi connectivity index (χ0) is 22.2. The predicted molar refractivity (Wildman–Crippen MR) is 86.7 cm³/mol. The maximum atomic E-state index is 11.3. The number of carbonyl (C=O) groups excluding carboxylic acids is 3. The van der Waals surface area contributed by atoms with Gasteiger partial charge in [0.2, 0.25) is 0 Å². The first-order valence-electron chi connectivity index (χ1n) is 8.66. The monoisotopic (exact) mass is 585 g/mol. The van der Waals surface area contributed by atoms with Crippen molar-refractivity contribution in [3.8, 4) is 0 Å². The molecule has 0 aromatic carbocycles. The van der Waals surface area contributed by atoms with Crippen LogP contribution in [-0.4, -0.2) is 113 Å². The number of nitrogens with zero attached hydrogens (tertiary/aromatic N) is 3. The van der Waals surface area contributed by atoms with E-state index in [-0.39, 0.29) is 69.5 Å². The fourth-order valence-corrected chi connectivity index (χ4v) is 3.52. The van der Waals surface area contributed by atoms with Crippen molar-refractivity contribution in [3.05, 3.63) is 0 Å². The number of rotatable bonds is 12. The Morgan fingerprint density at radius 3 is 1.60 bits per heavy atom. The van der Waals surface area contributed by atoms with Crippen LogP contribution in [0.2, 0.25) is 0 Å². The average Bonchev–Trinajstić information content (AvgIpc) is 2.71. The van der Waals surface area contributed by atoms with Crippen LogP contribution in [0.4, 0.5) is 0 Å². The first-order valence-corrected chi connectivity index (χ1v) is 8.66. The Bertz CT molecular complexity index is 617. The Balaban J connectivity index is 0.00000841. The van der Waals surface area contributed by atoms with Crippen LogP contribution in [0.25, 0.3) is 0 Å². The van der Waals surface area contributed by atoms with Crippen LogP contribution in [0.15, 0.2) is 0 Å². The molecule has 0 radical (unpaired) electrons. The zero-order valence-corrected chi connectivity index (χ0v) is 17.6. The summed E-state index contributed by atoms with van der Waals surface area (Å²) in [5.41, 5.74) is -1.49. The first kappa shape index (κ1) is 28.5. The topological polar surface area (TPSA) is 205 Å². The number of hydrogen-bond donors (Lipinski definition) is 2. The molecule has 30 heavy (non-hydrogen) atoms. The molecule has 1 aliphatic heterocycles. The van der Waals surface area contributed by atoms with Gasteiger partial charge in [-0.15, -0.1) is 0 Å². The molecular formula is C16H22N3O10Tm. The van der Waals surface area contributed by atoms with E-state index in [4.69, 9.17) is 5.11 Å². The molecule has 1 saturated heterocycles. The second-order valence-corrected chi connectivity index (χ2v) is 6.91. The van der Waals surface area contributed by atoms with Crippen LogP contribution in [0, 0.1) is 36.9 Å². The van der Waals surface area contributed by atoms with Crippen molar-refractivity contribution in [2.45, 2.75) is 18.4 Å². The van der Waals surface area contributed by atoms with Gasteiger partial charge in [-0.1, -0.05) is 0 Å². The molecule has 13 nitrogen and oxygen atoms in total. The van der Waals surface area contributed by atoms with Crippen molar-refractivity contribution in [2.24, 2.45) is 0 Å². The van der Waals surface area contributed by atoms with E-state index in [9.17, 15) is 44.4 Å². The van der Waals surface area contributed by atoms with Gasteiger partial charge in [0.1, 0.15) is 0 Å². The molecule has 14 heteroatoms. The van der Waals surface area contributed by atoms with E-state index in [0.29, 0.717) is 0 Å². The molecule has 174 valence electrons. The van der Waals surface area contributed by atoms with E-state index in [1.807, 2.05) is 0 Å². The molecule has 0 amide bonds. The van der Waals surface area contributed by atoms with E-state index < -0.39 is 68.0 Å². The molecule has 1 rings (SSSR count). The molecule has 0 aliphatic carbocycles. The number of aliphatic carboxylic acids is 5. The summed E-state index contributed by atoms with van der Waals surface area (Å²) in [7, 11) is 0. The minimum Gasteiger partial charge on any atom is -0.549 e. The van der Waals surface area contributed by atoms with Gasteiger partial charge in [0.15, 0.2) is 0 Å². The van der Waals surface area contributed by atoms with Crippen LogP contribution in [0.1, 0.15) is 12.8 Å². The van der Waals surface area contributed by atoms with Crippen molar-refractivity contribution < 1.29 is 86.4 Å². The molecule has 2 N–H and O–H groups in total. The average molecular weight is 585 g/mol. The second-order valence-electron chi connectivity index (χ2n) is 6.91. The first-order chi connectivity index (χ1) is 13.4. The van der Waals surface area contributed by atoms with Gasteiger partial charge < -0.3 is 39.9 Å². The molecular weight excluding hydrogens is 563 g/mol. The Hall–Kier alpha value is -1.54. The Morgan fingerprint density at radius 2 is 1.27 bits per heavy atom. The minimum absolute atomic E-state index is 0. The fourth-order valence-electron chi connectivity index (χ4n) is 3.52. The smallest absolute Gasteiger partial charge is 0.549 e. The number of carboxylic acid groups (broad SMARTS) is 5. The molecule has 1 aliphatic rings. The molecule has 0 atom stereocenters. The van der Waals surface area contributed by atoms with E-state index in [1.165, 1.54) is 9.80 Å². The van der Waals surface area contributed by atoms with Crippen LogP contribution < -0.4 is 15.3 Å². The molecule has 0 bridgehead atoms. The Morgan fingerprint density at radius 1 is 0.800 bits per heavy atom. The normalized spacial score (nSPS) is 17.0. The van der Waals surface area contributed by atoms with Crippen molar-refractivity contribution in [3.63, 3.8) is 0 Å². The van der Waals surface area contributed by atoms with Crippen LogP contribution in [0.3, 0.4) is 0 Å². The van der Waals surface area contributed by atoms with Crippen LogP contribution in [0.5, 0.6) is 0 Å². The summed E-state index contributed by atoms with van der Waals surface area (Å²) in [5, 5.41) is 51.7. The van der Waals surface area contributed by atoms with Gasteiger partial charge in [0.05, 0.1) is 24.5 Å². The van der Waals surface area contributed by atoms with Gasteiger partial charge in [0.25, 0.3) is 0 Å². The summed E-state index contributed by atoms with van der Waals surface area (Å²) < 4.78 is 0. The largest absolute Gasteiger partial charge is 3.00 e. The standard InChI is InChI=1S/C16H25N3O10.Tm/c20-11(21)1-2-16(19(7-14(26)27)8-15(28)29)9-17(5-12(22)23)3-4-18(10-16)6-13(24)25;/h1-10H2,(H,20,21)(H,22,23)(H,24,25)(H,26,27)(H,28,29);/q;+3/p-3. The van der Waals surface area contributed by atoms with E-state index in [2.05, 4.69) is 0 Å². The van der Waals surface area contributed by atoms with Gasteiger partial charge in [-0.3, -0.25) is 24.3 Å². The zero-order valence-electron chi connectivity index (χ0n) is 15.9. The van der Waals surface area contributed by atoms with Crippen molar-refractivity contribution in [1.82, 2.24) is 14.7 Å². The Labute approximate surface area is 201 Å². The summed E-state index contributed by atoms with van der Waals surface area (Å²) >= 11 is 0. The van der Waals surface area contributed by atoms with Gasteiger partial charge in [0, 0.05) is 57.8 Å². The molecule has 0 aromatic heterocycles.